The van der Waals surface area contributed by atoms with E-state index >= 15 is 0 Å². The number of hydrogen-bond acceptors (Lipinski definition) is 5. The monoisotopic (exact) mass is 309 g/mol. The molecule has 3 rings (SSSR count). The molecule has 0 amide bonds. The Morgan fingerprint density at radius 1 is 1.29 bits per heavy atom. The first-order valence-electron chi connectivity index (χ1n) is 6.97. The standard InChI is InChI=1S/C15H19N3O2.ClH/c1-19-12-7-3-2-6-11(12)13-17-14(20-18-13)15(10-16)8-4-5-9-15;/h2-3,6-7H,4-5,8-10,16H2,1H3;1H. The molecule has 0 unspecified atom stereocenters. The van der Waals surface area contributed by atoms with Crippen LogP contribution in [0.5, 0.6) is 5.75 Å². The number of halogens is 1. The predicted molar refractivity (Wildman–Crippen MR) is 82.7 cm³/mol. The third-order valence-corrected chi connectivity index (χ3v) is 4.18. The van der Waals surface area contributed by atoms with E-state index in [1.165, 1.54) is 12.8 Å². The third-order valence-electron chi connectivity index (χ3n) is 4.18. The molecule has 1 aromatic heterocycles. The molecule has 1 aliphatic carbocycles. The van der Waals surface area contributed by atoms with E-state index in [4.69, 9.17) is 15.0 Å². The molecule has 114 valence electrons. The maximum atomic E-state index is 5.95. The van der Waals surface area contributed by atoms with Crippen LogP contribution in [0.2, 0.25) is 0 Å². The molecule has 0 atom stereocenters. The number of para-hydroxylation sites is 1. The number of methoxy groups -OCH3 is 1. The van der Waals surface area contributed by atoms with Crippen LogP contribution in [0.15, 0.2) is 28.8 Å². The van der Waals surface area contributed by atoms with Gasteiger partial charge in [0, 0.05) is 6.54 Å². The smallest absolute Gasteiger partial charge is 0.234 e. The van der Waals surface area contributed by atoms with Crippen molar-refractivity contribution in [2.45, 2.75) is 31.1 Å². The van der Waals surface area contributed by atoms with Crippen LogP contribution in [0.3, 0.4) is 0 Å². The molecule has 2 N–H and O–H groups in total. The Balaban J connectivity index is 0.00000161. The van der Waals surface area contributed by atoms with Crippen molar-refractivity contribution in [2.24, 2.45) is 5.73 Å². The van der Waals surface area contributed by atoms with Gasteiger partial charge in [0.1, 0.15) is 5.75 Å². The van der Waals surface area contributed by atoms with Gasteiger partial charge < -0.3 is 15.0 Å². The SMILES string of the molecule is COc1ccccc1-c1noc(C2(CN)CCCC2)n1.Cl. The molecule has 1 aromatic carbocycles. The molecule has 6 heteroatoms. The van der Waals surface area contributed by atoms with E-state index in [0.29, 0.717) is 18.3 Å². The van der Waals surface area contributed by atoms with Crippen LogP contribution in [-0.4, -0.2) is 23.8 Å². The van der Waals surface area contributed by atoms with Crippen molar-refractivity contribution in [1.29, 1.82) is 0 Å². The molecule has 1 heterocycles. The van der Waals surface area contributed by atoms with Crippen molar-refractivity contribution < 1.29 is 9.26 Å². The van der Waals surface area contributed by atoms with Crippen LogP contribution in [-0.2, 0) is 5.41 Å². The lowest BCUT2D eigenvalue weighted by Crippen LogP contribution is -2.32. The molecular formula is C15H20ClN3O2. The molecular weight excluding hydrogens is 290 g/mol. The molecule has 0 aliphatic heterocycles. The Hall–Kier alpha value is -1.59. The van der Waals surface area contributed by atoms with Gasteiger partial charge in [0.15, 0.2) is 0 Å². The highest BCUT2D eigenvalue weighted by atomic mass is 35.5. The minimum Gasteiger partial charge on any atom is -0.496 e. The number of hydrogen-bond donors (Lipinski definition) is 1. The number of benzene rings is 1. The summed E-state index contributed by atoms with van der Waals surface area (Å²) < 4.78 is 10.8. The van der Waals surface area contributed by atoms with Crippen LogP contribution in [0, 0.1) is 0 Å². The van der Waals surface area contributed by atoms with E-state index in [-0.39, 0.29) is 17.8 Å². The molecule has 0 bridgehead atoms. The summed E-state index contributed by atoms with van der Waals surface area (Å²) in [7, 11) is 1.64. The number of nitrogens with zero attached hydrogens (tertiary/aromatic N) is 2. The van der Waals surface area contributed by atoms with Crippen LogP contribution in [0.1, 0.15) is 31.6 Å². The van der Waals surface area contributed by atoms with E-state index in [1.807, 2.05) is 24.3 Å². The summed E-state index contributed by atoms with van der Waals surface area (Å²) in [6.07, 6.45) is 4.39. The summed E-state index contributed by atoms with van der Waals surface area (Å²) in [5, 5.41) is 4.11. The molecule has 1 fully saturated rings. The molecule has 1 aliphatic rings. The average Bonchev–Trinajstić information content (AvgIpc) is 3.16. The minimum absolute atomic E-state index is 0. The van der Waals surface area contributed by atoms with Gasteiger partial charge in [-0.15, -0.1) is 12.4 Å². The fourth-order valence-corrected chi connectivity index (χ4v) is 2.93. The third kappa shape index (κ3) is 2.76. The summed E-state index contributed by atoms with van der Waals surface area (Å²) in [5.74, 6) is 1.98. The van der Waals surface area contributed by atoms with Gasteiger partial charge in [0.05, 0.1) is 18.1 Å². The van der Waals surface area contributed by atoms with Crippen molar-refractivity contribution in [3.8, 4) is 17.1 Å². The Bertz CT molecular complexity index is 594. The predicted octanol–water partition coefficient (Wildman–Crippen LogP) is 2.94. The lowest BCUT2D eigenvalue weighted by Gasteiger charge is -2.21. The zero-order valence-corrected chi connectivity index (χ0v) is 12.9. The molecule has 2 aromatic rings. The Labute approximate surface area is 130 Å². The van der Waals surface area contributed by atoms with Crippen molar-refractivity contribution >= 4 is 12.4 Å². The van der Waals surface area contributed by atoms with Gasteiger partial charge in [-0.25, -0.2) is 0 Å². The van der Waals surface area contributed by atoms with Crippen molar-refractivity contribution in [3.05, 3.63) is 30.2 Å². The number of nitrogens with two attached hydrogens (primary N) is 1. The molecule has 1 saturated carbocycles. The van der Waals surface area contributed by atoms with Gasteiger partial charge in [-0.1, -0.05) is 30.1 Å². The van der Waals surface area contributed by atoms with Crippen molar-refractivity contribution in [1.82, 2.24) is 10.1 Å². The quantitative estimate of drug-likeness (QED) is 0.940. The summed E-state index contributed by atoms with van der Waals surface area (Å²) in [5.41, 5.74) is 6.66. The number of aromatic nitrogens is 2. The summed E-state index contributed by atoms with van der Waals surface area (Å²) in [6.45, 7) is 0.556. The largest absolute Gasteiger partial charge is 0.496 e. The topological polar surface area (TPSA) is 74.2 Å². The highest BCUT2D eigenvalue weighted by molar-refractivity contribution is 5.85. The van der Waals surface area contributed by atoms with Crippen LogP contribution >= 0.6 is 12.4 Å². The van der Waals surface area contributed by atoms with Gasteiger partial charge in [-0.2, -0.15) is 4.98 Å². The fourth-order valence-electron chi connectivity index (χ4n) is 2.93. The Kier molecular flexibility index (Phi) is 4.85. The van der Waals surface area contributed by atoms with Gasteiger partial charge in [0.25, 0.3) is 0 Å². The number of ether oxygens (including phenoxy) is 1. The van der Waals surface area contributed by atoms with Crippen molar-refractivity contribution in [3.63, 3.8) is 0 Å². The van der Waals surface area contributed by atoms with E-state index < -0.39 is 0 Å². The maximum Gasteiger partial charge on any atom is 0.234 e. The highest BCUT2D eigenvalue weighted by Gasteiger charge is 2.39. The van der Waals surface area contributed by atoms with Gasteiger partial charge in [-0.05, 0) is 25.0 Å². The van der Waals surface area contributed by atoms with E-state index in [2.05, 4.69) is 10.1 Å². The van der Waals surface area contributed by atoms with E-state index in [0.717, 1.165) is 24.2 Å². The van der Waals surface area contributed by atoms with Crippen molar-refractivity contribution in [2.75, 3.05) is 13.7 Å². The molecule has 0 saturated heterocycles. The summed E-state index contributed by atoms with van der Waals surface area (Å²) >= 11 is 0. The molecule has 5 nitrogen and oxygen atoms in total. The first-order valence-corrected chi connectivity index (χ1v) is 6.97. The molecule has 21 heavy (non-hydrogen) atoms. The normalized spacial score (nSPS) is 16.5. The zero-order valence-electron chi connectivity index (χ0n) is 12.0. The maximum absolute atomic E-state index is 5.95. The fraction of sp³-hybridized carbons (Fsp3) is 0.467. The second-order valence-electron chi connectivity index (χ2n) is 5.31. The Morgan fingerprint density at radius 2 is 2.00 bits per heavy atom. The van der Waals surface area contributed by atoms with E-state index in [9.17, 15) is 0 Å². The molecule has 0 spiro atoms. The van der Waals surface area contributed by atoms with Gasteiger partial charge in [0.2, 0.25) is 11.7 Å². The Morgan fingerprint density at radius 3 is 2.67 bits per heavy atom. The second-order valence-corrected chi connectivity index (χ2v) is 5.31. The van der Waals surface area contributed by atoms with Gasteiger partial charge in [-0.3, -0.25) is 0 Å². The molecule has 0 radical (unpaired) electrons. The first-order chi connectivity index (χ1) is 9.79. The lowest BCUT2D eigenvalue weighted by molar-refractivity contribution is 0.284. The summed E-state index contributed by atoms with van der Waals surface area (Å²) in [4.78, 5) is 4.58. The van der Waals surface area contributed by atoms with Crippen LogP contribution < -0.4 is 10.5 Å². The van der Waals surface area contributed by atoms with Crippen LogP contribution in [0.4, 0.5) is 0 Å². The van der Waals surface area contributed by atoms with E-state index in [1.54, 1.807) is 7.11 Å². The minimum atomic E-state index is -0.132. The first kappa shape index (κ1) is 15.8. The number of rotatable bonds is 4. The van der Waals surface area contributed by atoms with Gasteiger partial charge >= 0.3 is 0 Å². The summed E-state index contributed by atoms with van der Waals surface area (Å²) in [6, 6.07) is 7.67. The van der Waals surface area contributed by atoms with Crippen LogP contribution in [0.25, 0.3) is 11.4 Å². The highest BCUT2D eigenvalue weighted by Crippen LogP contribution is 2.40. The second kappa shape index (κ2) is 6.45. The lowest BCUT2D eigenvalue weighted by atomic mass is 9.86. The zero-order chi connectivity index (χ0) is 14.0. The average molecular weight is 310 g/mol.